The maximum atomic E-state index is 12.8. The van der Waals surface area contributed by atoms with Gasteiger partial charge in [-0.3, -0.25) is 9.48 Å². The highest BCUT2D eigenvalue weighted by molar-refractivity contribution is 5.96. The number of likely N-dealkylation sites (tertiary alicyclic amines) is 1. The maximum absolute atomic E-state index is 12.8. The van der Waals surface area contributed by atoms with Gasteiger partial charge in [-0.25, -0.2) is 4.98 Å². The molecule has 0 aromatic carbocycles. The topological polar surface area (TPSA) is 60.2 Å². The molecule has 0 bridgehead atoms. The van der Waals surface area contributed by atoms with Crippen LogP contribution in [0.25, 0.3) is 0 Å². The van der Waals surface area contributed by atoms with Crippen LogP contribution in [0.1, 0.15) is 40.6 Å². The van der Waals surface area contributed by atoms with E-state index in [0.29, 0.717) is 18.0 Å². The number of rotatable bonds is 3. The van der Waals surface area contributed by atoms with Crippen molar-refractivity contribution in [1.82, 2.24) is 19.7 Å². The van der Waals surface area contributed by atoms with Gasteiger partial charge in [0.15, 0.2) is 0 Å². The van der Waals surface area contributed by atoms with Crippen LogP contribution in [-0.2, 0) is 0 Å². The molecule has 1 aliphatic heterocycles. The first-order valence-electron chi connectivity index (χ1n) is 7.91. The molecule has 3 heterocycles. The average Bonchev–Trinajstić information content (AvgIpc) is 2.92. The minimum absolute atomic E-state index is 0.0267. The fourth-order valence-electron chi connectivity index (χ4n) is 3.24. The van der Waals surface area contributed by atoms with E-state index in [0.717, 1.165) is 30.8 Å². The molecule has 0 spiro atoms. The van der Waals surface area contributed by atoms with Crippen molar-refractivity contribution in [3.05, 3.63) is 41.3 Å². The number of piperidine rings is 1. The number of nitrogens with zero attached hydrogens (tertiary/aromatic N) is 4. The first-order chi connectivity index (χ1) is 11.1. The van der Waals surface area contributed by atoms with Crippen LogP contribution in [0, 0.1) is 13.8 Å². The van der Waals surface area contributed by atoms with Gasteiger partial charge in [0.25, 0.3) is 5.91 Å². The molecular weight excluding hydrogens is 292 g/mol. The zero-order chi connectivity index (χ0) is 16.4. The Kier molecular flexibility index (Phi) is 4.32. The second kappa shape index (κ2) is 6.40. The van der Waals surface area contributed by atoms with Crippen LogP contribution in [0.2, 0.25) is 0 Å². The van der Waals surface area contributed by atoms with Crippen molar-refractivity contribution >= 4 is 5.91 Å². The summed E-state index contributed by atoms with van der Waals surface area (Å²) in [4.78, 5) is 18.8. The van der Waals surface area contributed by atoms with Gasteiger partial charge in [0, 0.05) is 25.0 Å². The zero-order valence-corrected chi connectivity index (χ0v) is 13.8. The molecule has 122 valence electrons. The Morgan fingerprint density at radius 2 is 2.22 bits per heavy atom. The number of carbonyl (C=O) groups excluding carboxylic acids is 1. The van der Waals surface area contributed by atoms with Crippen LogP contribution in [0.3, 0.4) is 0 Å². The third-order valence-corrected chi connectivity index (χ3v) is 4.27. The van der Waals surface area contributed by atoms with E-state index >= 15 is 0 Å². The number of amides is 1. The van der Waals surface area contributed by atoms with Crippen molar-refractivity contribution in [2.45, 2.75) is 32.7 Å². The highest BCUT2D eigenvalue weighted by Gasteiger charge is 2.28. The van der Waals surface area contributed by atoms with E-state index in [4.69, 9.17) is 4.74 Å². The summed E-state index contributed by atoms with van der Waals surface area (Å²) in [5.41, 5.74) is 2.67. The van der Waals surface area contributed by atoms with Crippen molar-refractivity contribution in [2.24, 2.45) is 0 Å². The molecule has 0 aliphatic carbocycles. The van der Waals surface area contributed by atoms with Gasteiger partial charge in [-0.05, 0) is 44.9 Å². The third kappa shape index (κ3) is 3.06. The summed E-state index contributed by atoms with van der Waals surface area (Å²) in [5.74, 6) is 0.354. The minimum Gasteiger partial charge on any atom is -0.480 e. The Balaban J connectivity index is 1.81. The number of aryl methyl sites for hydroxylation is 2. The molecule has 1 atom stereocenters. The van der Waals surface area contributed by atoms with E-state index in [2.05, 4.69) is 27.8 Å². The van der Waals surface area contributed by atoms with Gasteiger partial charge in [-0.2, -0.15) is 5.10 Å². The Hall–Kier alpha value is -2.37. The van der Waals surface area contributed by atoms with Crippen molar-refractivity contribution in [3.63, 3.8) is 0 Å². The first kappa shape index (κ1) is 15.5. The molecule has 1 unspecified atom stereocenters. The monoisotopic (exact) mass is 314 g/mol. The maximum Gasteiger partial charge on any atom is 0.259 e. The number of methoxy groups -OCH3 is 1. The molecule has 23 heavy (non-hydrogen) atoms. The molecule has 3 rings (SSSR count). The molecular formula is C17H22N4O2. The zero-order valence-electron chi connectivity index (χ0n) is 13.8. The molecule has 1 amide bonds. The summed E-state index contributed by atoms with van der Waals surface area (Å²) < 4.78 is 7.27. The molecule has 0 N–H and O–H groups in total. The lowest BCUT2D eigenvalue weighted by molar-refractivity contribution is 0.0667. The van der Waals surface area contributed by atoms with Crippen molar-refractivity contribution < 1.29 is 9.53 Å². The smallest absolute Gasteiger partial charge is 0.259 e. The Labute approximate surface area is 136 Å². The van der Waals surface area contributed by atoms with Gasteiger partial charge >= 0.3 is 0 Å². The van der Waals surface area contributed by atoms with E-state index in [1.807, 2.05) is 11.8 Å². The predicted molar refractivity (Wildman–Crippen MR) is 86.7 cm³/mol. The highest BCUT2D eigenvalue weighted by Crippen LogP contribution is 2.25. The molecule has 1 fully saturated rings. The summed E-state index contributed by atoms with van der Waals surface area (Å²) in [7, 11) is 1.54. The van der Waals surface area contributed by atoms with E-state index in [1.165, 1.54) is 7.11 Å². The summed E-state index contributed by atoms with van der Waals surface area (Å²) in [6.07, 6.45) is 3.64. The van der Waals surface area contributed by atoms with Crippen LogP contribution >= 0.6 is 0 Å². The normalized spacial score (nSPS) is 18.0. The van der Waals surface area contributed by atoms with Gasteiger partial charge < -0.3 is 9.64 Å². The summed E-state index contributed by atoms with van der Waals surface area (Å²) in [6, 6.07) is 5.83. The SMILES string of the molecule is COc1ncccc1C(=O)N1CCCC(n2nc(C)cc2C)C1. The Morgan fingerprint density at radius 1 is 1.39 bits per heavy atom. The van der Waals surface area contributed by atoms with Gasteiger partial charge in [0.05, 0.1) is 18.8 Å². The number of aromatic nitrogens is 3. The highest BCUT2D eigenvalue weighted by atomic mass is 16.5. The van der Waals surface area contributed by atoms with Crippen LogP contribution in [-0.4, -0.2) is 45.8 Å². The van der Waals surface area contributed by atoms with Gasteiger partial charge in [-0.15, -0.1) is 0 Å². The summed E-state index contributed by atoms with van der Waals surface area (Å²) in [6.45, 7) is 5.48. The van der Waals surface area contributed by atoms with Gasteiger partial charge in [-0.1, -0.05) is 0 Å². The number of carbonyl (C=O) groups is 1. The van der Waals surface area contributed by atoms with Crippen LogP contribution in [0.15, 0.2) is 24.4 Å². The Morgan fingerprint density at radius 3 is 2.91 bits per heavy atom. The van der Waals surface area contributed by atoms with Crippen molar-refractivity contribution in [1.29, 1.82) is 0 Å². The number of hydrogen-bond acceptors (Lipinski definition) is 4. The number of hydrogen-bond donors (Lipinski definition) is 0. The Bertz CT molecular complexity index is 710. The average molecular weight is 314 g/mol. The van der Waals surface area contributed by atoms with Gasteiger partial charge in [0.2, 0.25) is 5.88 Å². The third-order valence-electron chi connectivity index (χ3n) is 4.27. The summed E-state index contributed by atoms with van der Waals surface area (Å²) >= 11 is 0. The van der Waals surface area contributed by atoms with Crippen molar-refractivity contribution in [3.8, 4) is 5.88 Å². The fraction of sp³-hybridized carbons (Fsp3) is 0.471. The van der Waals surface area contributed by atoms with Crippen LogP contribution < -0.4 is 4.74 Å². The minimum atomic E-state index is -0.0267. The fourth-order valence-corrected chi connectivity index (χ4v) is 3.24. The molecule has 6 heteroatoms. The molecule has 1 saturated heterocycles. The second-order valence-electron chi connectivity index (χ2n) is 5.98. The number of pyridine rings is 1. The molecule has 2 aromatic heterocycles. The molecule has 0 radical (unpaired) electrons. The lowest BCUT2D eigenvalue weighted by atomic mass is 10.0. The van der Waals surface area contributed by atoms with E-state index in [-0.39, 0.29) is 11.9 Å². The quantitative estimate of drug-likeness (QED) is 0.873. The largest absolute Gasteiger partial charge is 0.480 e. The van der Waals surface area contributed by atoms with E-state index in [1.54, 1.807) is 18.3 Å². The standard InChI is InChI=1S/C17H22N4O2/c1-12-10-13(2)21(19-12)14-6-5-9-20(11-14)17(22)15-7-4-8-18-16(15)23-3/h4,7-8,10,14H,5-6,9,11H2,1-3H3. The van der Waals surface area contributed by atoms with Gasteiger partial charge in [0.1, 0.15) is 5.56 Å². The number of ether oxygens (including phenoxy) is 1. The predicted octanol–water partition coefficient (Wildman–Crippen LogP) is 2.38. The van der Waals surface area contributed by atoms with Crippen LogP contribution in [0.5, 0.6) is 5.88 Å². The van der Waals surface area contributed by atoms with Crippen LogP contribution in [0.4, 0.5) is 0 Å². The lowest BCUT2D eigenvalue weighted by Crippen LogP contribution is -2.41. The molecule has 2 aromatic rings. The second-order valence-corrected chi connectivity index (χ2v) is 5.98. The molecule has 0 saturated carbocycles. The lowest BCUT2D eigenvalue weighted by Gasteiger charge is -2.33. The van der Waals surface area contributed by atoms with E-state index < -0.39 is 0 Å². The summed E-state index contributed by atoms with van der Waals surface area (Å²) in [5, 5.41) is 4.58. The van der Waals surface area contributed by atoms with E-state index in [9.17, 15) is 4.79 Å². The molecule has 6 nitrogen and oxygen atoms in total. The first-order valence-corrected chi connectivity index (χ1v) is 7.91. The van der Waals surface area contributed by atoms with Crippen molar-refractivity contribution in [2.75, 3.05) is 20.2 Å². The molecule has 1 aliphatic rings.